The molecule has 0 saturated carbocycles. The van der Waals surface area contributed by atoms with Crippen molar-refractivity contribution in [2.75, 3.05) is 20.3 Å². The summed E-state index contributed by atoms with van der Waals surface area (Å²) < 4.78 is 16.0. The molecule has 0 amide bonds. The number of fused-ring (bicyclic) bond motifs is 2. The van der Waals surface area contributed by atoms with Crippen LogP contribution in [0.1, 0.15) is 67.5 Å². The normalized spacial score (nSPS) is 16.4. The Morgan fingerprint density at radius 2 is 1.69 bits per heavy atom. The van der Waals surface area contributed by atoms with E-state index in [2.05, 4.69) is 0 Å². The Labute approximate surface area is 184 Å². The van der Waals surface area contributed by atoms with Crippen LogP contribution in [0.2, 0.25) is 0 Å². The maximum Gasteiger partial charge on any atom is 0.310 e. The van der Waals surface area contributed by atoms with E-state index in [1.165, 1.54) is 25.3 Å². The Bertz CT molecular complexity index is 1140. The lowest BCUT2D eigenvalue weighted by atomic mass is 9.80. The Balaban J connectivity index is 1.87. The van der Waals surface area contributed by atoms with Crippen molar-refractivity contribution in [1.82, 2.24) is 0 Å². The molecule has 0 radical (unpaired) electrons. The number of ketones is 3. The quantitative estimate of drug-likeness (QED) is 0.461. The van der Waals surface area contributed by atoms with Gasteiger partial charge in [-0.1, -0.05) is 31.2 Å². The fourth-order valence-corrected chi connectivity index (χ4v) is 4.23. The standard InChI is InChI=1S/C24H22O8/c1-3-24(31-8-9-32-24)12-17(25)19-13(11-18(26)30-2)10-16-20(23(19)29)22(28)15-7-5-4-6-14(15)21(16)27/h4-7,10,29H,3,8-9,11-12H2,1-2H3. The Morgan fingerprint density at radius 1 is 1.06 bits per heavy atom. The molecule has 166 valence electrons. The van der Waals surface area contributed by atoms with Crippen molar-refractivity contribution in [2.24, 2.45) is 0 Å². The first-order valence-electron chi connectivity index (χ1n) is 10.3. The molecule has 0 aromatic heterocycles. The lowest BCUT2D eigenvalue weighted by molar-refractivity contribution is -0.155. The first kappa shape index (κ1) is 21.9. The zero-order valence-corrected chi connectivity index (χ0v) is 17.7. The van der Waals surface area contributed by atoms with Crippen molar-refractivity contribution in [2.45, 2.75) is 32.0 Å². The molecule has 1 aliphatic carbocycles. The Hall–Kier alpha value is -3.36. The van der Waals surface area contributed by atoms with Crippen molar-refractivity contribution in [1.29, 1.82) is 0 Å². The lowest BCUT2D eigenvalue weighted by Gasteiger charge is -2.26. The van der Waals surface area contributed by atoms with Gasteiger partial charge in [0, 0.05) is 16.7 Å². The van der Waals surface area contributed by atoms with E-state index in [0.717, 1.165) is 0 Å². The molecule has 2 aromatic rings. The van der Waals surface area contributed by atoms with E-state index in [1.54, 1.807) is 19.1 Å². The maximum absolute atomic E-state index is 13.3. The molecule has 4 rings (SSSR count). The third-order valence-corrected chi connectivity index (χ3v) is 5.89. The molecule has 0 bridgehead atoms. The summed E-state index contributed by atoms with van der Waals surface area (Å²) in [5.41, 5.74) is -0.0636. The summed E-state index contributed by atoms with van der Waals surface area (Å²) in [6.07, 6.45) is -0.188. The highest BCUT2D eigenvalue weighted by molar-refractivity contribution is 6.30. The number of aromatic hydroxyl groups is 1. The van der Waals surface area contributed by atoms with Gasteiger partial charge in [0.05, 0.1) is 44.3 Å². The zero-order chi connectivity index (χ0) is 23.0. The van der Waals surface area contributed by atoms with Gasteiger partial charge in [-0.05, 0) is 18.1 Å². The second-order valence-corrected chi connectivity index (χ2v) is 7.70. The average molecular weight is 438 g/mol. The number of phenols is 1. The van der Waals surface area contributed by atoms with Crippen LogP contribution in [0.15, 0.2) is 30.3 Å². The molecule has 1 aliphatic heterocycles. The Morgan fingerprint density at radius 3 is 2.28 bits per heavy atom. The van der Waals surface area contributed by atoms with E-state index in [1.807, 2.05) is 0 Å². The van der Waals surface area contributed by atoms with E-state index in [-0.39, 0.29) is 46.2 Å². The van der Waals surface area contributed by atoms with E-state index in [4.69, 9.17) is 14.2 Å². The van der Waals surface area contributed by atoms with Gasteiger partial charge in [-0.15, -0.1) is 0 Å². The van der Waals surface area contributed by atoms with Crippen LogP contribution in [0.3, 0.4) is 0 Å². The summed E-state index contributed by atoms with van der Waals surface area (Å²) in [5.74, 6) is -4.02. The van der Waals surface area contributed by atoms with E-state index < -0.39 is 34.9 Å². The van der Waals surface area contributed by atoms with E-state index in [9.17, 15) is 24.3 Å². The molecular weight excluding hydrogens is 416 g/mol. The van der Waals surface area contributed by atoms with Crippen molar-refractivity contribution in [3.63, 3.8) is 0 Å². The topological polar surface area (TPSA) is 116 Å². The van der Waals surface area contributed by atoms with Crippen LogP contribution in [-0.2, 0) is 25.4 Å². The van der Waals surface area contributed by atoms with Crippen LogP contribution in [0.4, 0.5) is 0 Å². The highest BCUT2D eigenvalue weighted by Crippen LogP contribution is 2.39. The molecule has 32 heavy (non-hydrogen) atoms. The summed E-state index contributed by atoms with van der Waals surface area (Å²) in [4.78, 5) is 51.6. The van der Waals surface area contributed by atoms with Gasteiger partial charge in [0.25, 0.3) is 0 Å². The minimum Gasteiger partial charge on any atom is -0.506 e. The number of Topliss-reactive ketones (excluding diaryl/α,β-unsaturated/α-hetero) is 1. The lowest BCUT2D eigenvalue weighted by Crippen LogP contribution is -2.33. The van der Waals surface area contributed by atoms with Crippen molar-refractivity contribution in [3.05, 3.63) is 63.7 Å². The van der Waals surface area contributed by atoms with Crippen molar-refractivity contribution >= 4 is 23.3 Å². The summed E-state index contributed by atoms with van der Waals surface area (Å²) >= 11 is 0. The smallest absolute Gasteiger partial charge is 0.310 e. The minimum atomic E-state index is -1.14. The van der Waals surface area contributed by atoms with Gasteiger partial charge >= 0.3 is 5.97 Å². The fourth-order valence-electron chi connectivity index (χ4n) is 4.23. The largest absolute Gasteiger partial charge is 0.506 e. The van der Waals surface area contributed by atoms with Crippen molar-refractivity contribution < 1.29 is 38.5 Å². The van der Waals surface area contributed by atoms with Crippen LogP contribution in [-0.4, -0.2) is 54.5 Å². The number of hydrogen-bond donors (Lipinski definition) is 1. The number of benzene rings is 2. The molecular formula is C24H22O8. The summed E-state index contributed by atoms with van der Waals surface area (Å²) in [6.45, 7) is 2.46. The number of phenolic OH excluding ortho intramolecular Hbond substituents is 1. The molecule has 1 saturated heterocycles. The highest BCUT2D eigenvalue weighted by atomic mass is 16.7. The third kappa shape index (κ3) is 3.51. The van der Waals surface area contributed by atoms with Gasteiger partial charge in [-0.2, -0.15) is 0 Å². The minimum absolute atomic E-state index is 0.0553. The van der Waals surface area contributed by atoms with Gasteiger partial charge < -0.3 is 19.3 Å². The first-order chi connectivity index (χ1) is 15.3. The number of rotatable bonds is 6. The molecule has 2 aliphatic rings. The maximum atomic E-state index is 13.3. The summed E-state index contributed by atoms with van der Waals surface area (Å²) in [7, 11) is 1.19. The van der Waals surface area contributed by atoms with Gasteiger partial charge in [-0.3, -0.25) is 19.2 Å². The molecule has 1 heterocycles. The van der Waals surface area contributed by atoms with Crippen LogP contribution in [0, 0.1) is 0 Å². The number of hydrogen-bond acceptors (Lipinski definition) is 8. The molecule has 8 heteroatoms. The van der Waals surface area contributed by atoms with Gasteiger partial charge in [0.15, 0.2) is 23.1 Å². The van der Waals surface area contributed by atoms with Crippen LogP contribution in [0.5, 0.6) is 5.75 Å². The average Bonchev–Trinajstić information content (AvgIpc) is 3.25. The summed E-state index contributed by atoms with van der Waals surface area (Å²) in [5, 5.41) is 11.1. The molecule has 8 nitrogen and oxygen atoms in total. The molecule has 2 aromatic carbocycles. The third-order valence-electron chi connectivity index (χ3n) is 5.89. The highest BCUT2D eigenvalue weighted by Gasteiger charge is 2.40. The van der Waals surface area contributed by atoms with Gasteiger partial charge in [-0.25, -0.2) is 0 Å². The number of carbonyl (C=O) groups is 4. The van der Waals surface area contributed by atoms with Gasteiger partial charge in [0.2, 0.25) is 0 Å². The fraction of sp³-hybridized carbons (Fsp3) is 0.333. The van der Waals surface area contributed by atoms with Crippen LogP contribution in [0.25, 0.3) is 0 Å². The molecule has 1 N–H and O–H groups in total. The second-order valence-electron chi connectivity index (χ2n) is 7.70. The Kier molecular flexibility index (Phi) is 5.66. The van der Waals surface area contributed by atoms with Crippen LogP contribution >= 0.6 is 0 Å². The number of esters is 1. The second kappa shape index (κ2) is 8.29. The van der Waals surface area contributed by atoms with Crippen molar-refractivity contribution in [3.8, 4) is 5.75 Å². The molecule has 0 unspecified atom stereocenters. The zero-order valence-electron chi connectivity index (χ0n) is 17.7. The van der Waals surface area contributed by atoms with E-state index >= 15 is 0 Å². The number of methoxy groups -OCH3 is 1. The SMILES string of the molecule is CCC1(CC(=O)c2c(CC(=O)OC)cc3c(c2O)C(=O)c2ccccc2C3=O)OCCO1. The van der Waals surface area contributed by atoms with Gasteiger partial charge in [0.1, 0.15) is 5.75 Å². The van der Waals surface area contributed by atoms with E-state index in [0.29, 0.717) is 19.6 Å². The summed E-state index contributed by atoms with van der Waals surface area (Å²) in [6, 6.07) is 7.59. The first-order valence-corrected chi connectivity index (χ1v) is 10.3. The monoisotopic (exact) mass is 438 g/mol. The molecule has 0 atom stereocenters. The predicted molar refractivity (Wildman–Crippen MR) is 111 cm³/mol. The van der Waals surface area contributed by atoms with Crippen LogP contribution < -0.4 is 0 Å². The molecule has 1 fully saturated rings. The number of carbonyl (C=O) groups excluding carboxylic acids is 4. The predicted octanol–water partition coefficient (Wildman–Crippen LogP) is 2.61. The molecule has 0 spiro atoms. The number of ether oxygens (including phenoxy) is 3.